The van der Waals surface area contributed by atoms with Gasteiger partial charge < -0.3 is 10.6 Å². The highest BCUT2D eigenvalue weighted by molar-refractivity contribution is 5.80. The lowest BCUT2D eigenvalue weighted by Gasteiger charge is -2.28. The van der Waals surface area contributed by atoms with Crippen molar-refractivity contribution in [3.05, 3.63) is 12.2 Å². The molecule has 2 atom stereocenters. The topological polar surface area (TPSA) is 36.4 Å². The van der Waals surface area contributed by atoms with Gasteiger partial charge in [-0.2, -0.15) is 0 Å². The first-order chi connectivity index (χ1) is 8.76. The Morgan fingerprint density at radius 1 is 1.39 bits per heavy atom. The molecule has 3 nitrogen and oxygen atoms in total. The zero-order chi connectivity index (χ0) is 13.2. The Morgan fingerprint density at radius 3 is 2.89 bits per heavy atom. The van der Waals surface area contributed by atoms with Crippen LogP contribution in [0.4, 0.5) is 0 Å². The van der Waals surface area contributed by atoms with E-state index in [1.54, 1.807) is 0 Å². The molecule has 3 heteroatoms. The van der Waals surface area contributed by atoms with E-state index in [0.29, 0.717) is 6.04 Å². The Balaban J connectivity index is 2.40. The molecule has 0 aromatic rings. The van der Waals surface area contributed by atoms with Gasteiger partial charge in [-0.05, 0) is 39.0 Å². The second-order valence-electron chi connectivity index (χ2n) is 5.23. The molecule has 0 radical (unpaired) electrons. The lowest BCUT2D eigenvalue weighted by Crippen LogP contribution is -2.45. The number of allylic oxidation sites excluding steroid dienone is 1. The highest BCUT2D eigenvalue weighted by Gasteiger charge is 2.19. The van der Waals surface area contributed by atoms with E-state index in [1.807, 2.05) is 0 Å². The van der Waals surface area contributed by atoms with Crippen LogP contribution >= 0.6 is 0 Å². The van der Waals surface area contributed by atoms with Crippen LogP contribution in [0.3, 0.4) is 0 Å². The van der Waals surface area contributed by atoms with Crippen molar-refractivity contribution in [3.63, 3.8) is 0 Å². The molecule has 0 saturated heterocycles. The van der Waals surface area contributed by atoms with Crippen LogP contribution in [0.5, 0.6) is 0 Å². The van der Waals surface area contributed by atoms with Crippen molar-refractivity contribution in [2.75, 3.05) is 13.1 Å². The fourth-order valence-electron chi connectivity index (χ4n) is 2.50. The van der Waals surface area contributed by atoms with E-state index in [2.05, 4.69) is 48.5 Å². The maximum atomic E-state index is 4.61. The molecule has 1 aliphatic carbocycles. The Labute approximate surface area is 112 Å². The van der Waals surface area contributed by atoms with Crippen LogP contribution in [0.15, 0.2) is 17.1 Å². The first-order valence-electron chi connectivity index (χ1n) is 7.42. The van der Waals surface area contributed by atoms with Gasteiger partial charge in [-0.15, -0.1) is 0 Å². The molecule has 1 rings (SSSR count). The summed E-state index contributed by atoms with van der Waals surface area (Å²) in [6.45, 7) is 8.31. The van der Waals surface area contributed by atoms with Crippen molar-refractivity contribution in [1.29, 1.82) is 0 Å². The molecule has 1 fully saturated rings. The smallest absolute Gasteiger partial charge is 0.191 e. The molecule has 2 N–H and O–H groups in total. The standard InChI is InChI=1S/C15H29N3/c1-4-6-7-11-17-15(16-5-2)18-14-10-8-9-13(3)12-14/h4,6,13-14H,5,7-12H2,1-3H3,(H2,16,17,18)/b6-4+. The van der Waals surface area contributed by atoms with Crippen LogP contribution in [0.1, 0.15) is 52.9 Å². The normalized spacial score (nSPS) is 25.4. The minimum Gasteiger partial charge on any atom is -0.357 e. The summed E-state index contributed by atoms with van der Waals surface area (Å²) in [5.74, 6) is 1.84. The Morgan fingerprint density at radius 2 is 2.22 bits per heavy atom. The van der Waals surface area contributed by atoms with Gasteiger partial charge in [0.1, 0.15) is 0 Å². The zero-order valence-corrected chi connectivity index (χ0v) is 12.2. The van der Waals surface area contributed by atoms with E-state index in [1.165, 1.54) is 25.7 Å². The molecule has 0 amide bonds. The largest absolute Gasteiger partial charge is 0.357 e. The van der Waals surface area contributed by atoms with Crippen molar-refractivity contribution in [2.45, 2.75) is 58.9 Å². The predicted molar refractivity (Wildman–Crippen MR) is 80.0 cm³/mol. The molecule has 0 heterocycles. The lowest BCUT2D eigenvalue weighted by atomic mass is 9.87. The average Bonchev–Trinajstić information content (AvgIpc) is 2.35. The summed E-state index contributed by atoms with van der Waals surface area (Å²) in [4.78, 5) is 4.61. The van der Waals surface area contributed by atoms with E-state index in [4.69, 9.17) is 0 Å². The van der Waals surface area contributed by atoms with E-state index in [-0.39, 0.29) is 0 Å². The van der Waals surface area contributed by atoms with Gasteiger partial charge in [0.25, 0.3) is 0 Å². The third-order valence-electron chi connectivity index (χ3n) is 3.42. The number of nitrogens with zero attached hydrogens (tertiary/aromatic N) is 1. The molecule has 0 bridgehead atoms. The van der Waals surface area contributed by atoms with Gasteiger partial charge in [-0.1, -0.05) is 31.9 Å². The maximum Gasteiger partial charge on any atom is 0.191 e. The van der Waals surface area contributed by atoms with Crippen LogP contribution in [-0.2, 0) is 0 Å². The van der Waals surface area contributed by atoms with E-state index in [9.17, 15) is 0 Å². The van der Waals surface area contributed by atoms with Crippen LogP contribution < -0.4 is 10.6 Å². The van der Waals surface area contributed by atoms with Gasteiger partial charge in [0, 0.05) is 19.1 Å². The average molecular weight is 251 g/mol. The van der Waals surface area contributed by atoms with E-state index < -0.39 is 0 Å². The highest BCUT2D eigenvalue weighted by atomic mass is 15.2. The Kier molecular flexibility index (Phi) is 7.54. The quantitative estimate of drug-likeness (QED) is 0.341. The molecule has 104 valence electrons. The van der Waals surface area contributed by atoms with Crippen LogP contribution in [0, 0.1) is 5.92 Å². The molecule has 0 spiro atoms. The summed E-state index contributed by atoms with van der Waals surface area (Å²) in [5.41, 5.74) is 0. The number of aliphatic imine (C=N–C) groups is 1. The molecule has 0 aliphatic heterocycles. The SMILES string of the molecule is C/C=C/CCN=C(NCC)NC1CCCC(C)C1. The first-order valence-corrected chi connectivity index (χ1v) is 7.42. The van der Waals surface area contributed by atoms with Crippen molar-refractivity contribution in [3.8, 4) is 0 Å². The summed E-state index contributed by atoms with van der Waals surface area (Å²) in [5, 5.41) is 6.92. The highest BCUT2D eigenvalue weighted by Crippen LogP contribution is 2.23. The fourth-order valence-corrected chi connectivity index (χ4v) is 2.50. The Bertz CT molecular complexity index is 271. The molecular formula is C15H29N3. The van der Waals surface area contributed by atoms with Crippen LogP contribution in [-0.4, -0.2) is 25.1 Å². The van der Waals surface area contributed by atoms with Gasteiger partial charge in [0.15, 0.2) is 5.96 Å². The minimum atomic E-state index is 0.605. The number of hydrogen-bond donors (Lipinski definition) is 2. The summed E-state index contributed by atoms with van der Waals surface area (Å²) in [7, 11) is 0. The number of guanidine groups is 1. The van der Waals surface area contributed by atoms with Crippen molar-refractivity contribution in [2.24, 2.45) is 10.9 Å². The van der Waals surface area contributed by atoms with Gasteiger partial charge >= 0.3 is 0 Å². The molecule has 1 aliphatic rings. The number of nitrogens with one attached hydrogen (secondary N) is 2. The minimum absolute atomic E-state index is 0.605. The van der Waals surface area contributed by atoms with E-state index >= 15 is 0 Å². The Hall–Kier alpha value is -0.990. The summed E-state index contributed by atoms with van der Waals surface area (Å²) in [6, 6.07) is 0.605. The lowest BCUT2D eigenvalue weighted by molar-refractivity contribution is 0.324. The summed E-state index contributed by atoms with van der Waals surface area (Å²) in [6.07, 6.45) is 10.6. The molecule has 1 saturated carbocycles. The number of hydrogen-bond acceptors (Lipinski definition) is 1. The monoisotopic (exact) mass is 251 g/mol. The molecule has 0 aromatic carbocycles. The predicted octanol–water partition coefficient (Wildman–Crippen LogP) is 3.09. The van der Waals surface area contributed by atoms with Gasteiger partial charge in [0.2, 0.25) is 0 Å². The molecule has 18 heavy (non-hydrogen) atoms. The first kappa shape index (κ1) is 15.1. The second-order valence-corrected chi connectivity index (χ2v) is 5.23. The van der Waals surface area contributed by atoms with Gasteiger partial charge in [0.05, 0.1) is 0 Å². The van der Waals surface area contributed by atoms with Crippen LogP contribution in [0.2, 0.25) is 0 Å². The second kappa shape index (κ2) is 9.01. The third-order valence-corrected chi connectivity index (χ3v) is 3.42. The van der Waals surface area contributed by atoms with Gasteiger partial charge in [-0.25, -0.2) is 0 Å². The number of rotatable bonds is 5. The van der Waals surface area contributed by atoms with Crippen molar-refractivity contribution >= 4 is 5.96 Å². The molecule has 0 aromatic heterocycles. The van der Waals surface area contributed by atoms with Gasteiger partial charge in [-0.3, -0.25) is 4.99 Å². The van der Waals surface area contributed by atoms with E-state index in [0.717, 1.165) is 31.4 Å². The molecular weight excluding hydrogens is 222 g/mol. The summed E-state index contributed by atoms with van der Waals surface area (Å²) >= 11 is 0. The zero-order valence-electron chi connectivity index (χ0n) is 12.2. The maximum absolute atomic E-state index is 4.61. The van der Waals surface area contributed by atoms with Crippen molar-refractivity contribution < 1.29 is 0 Å². The third kappa shape index (κ3) is 6.08. The van der Waals surface area contributed by atoms with Crippen molar-refractivity contribution in [1.82, 2.24) is 10.6 Å². The summed E-state index contributed by atoms with van der Waals surface area (Å²) < 4.78 is 0. The fraction of sp³-hybridized carbons (Fsp3) is 0.800. The molecule has 2 unspecified atom stereocenters. The van der Waals surface area contributed by atoms with Crippen LogP contribution in [0.25, 0.3) is 0 Å².